The number of nitrogens with one attached hydrogen (secondary N) is 1. The van der Waals surface area contributed by atoms with E-state index in [4.69, 9.17) is 31.7 Å². The van der Waals surface area contributed by atoms with Crippen LogP contribution in [0.1, 0.15) is 122 Å². The normalized spacial score (nSPS) is 24.0. The first-order chi connectivity index (χ1) is 39.9. The topological polar surface area (TPSA) is 249 Å². The monoisotopic (exact) mass is 1140 g/mol. The van der Waals surface area contributed by atoms with Gasteiger partial charge < -0.3 is 32.0 Å². The fourth-order valence-corrected chi connectivity index (χ4v) is 13.4. The van der Waals surface area contributed by atoms with E-state index >= 15 is 0 Å². The zero-order valence-corrected chi connectivity index (χ0v) is 48.7. The molecule has 1 unspecified atom stereocenters. The van der Waals surface area contributed by atoms with Gasteiger partial charge in [-0.2, -0.15) is 0 Å². The van der Waals surface area contributed by atoms with E-state index in [0.29, 0.717) is 36.3 Å². The summed E-state index contributed by atoms with van der Waals surface area (Å²) in [5, 5.41) is 5.18. The van der Waals surface area contributed by atoms with Crippen LogP contribution in [0.2, 0.25) is 0 Å². The second-order valence-electron chi connectivity index (χ2n) is 22.9. The van der Waals surface area contributed by atoms with Crippen molar-refractivity contribution in [2.45, 2.75) is 120 Å². The molecule has 2 saturated carbocycles. The number of hydrogen-bond donors (Lipinski definition) is 4. The van der Waals surface area contributed by atoms with Gasteiger partial charge in [-0.3, -0.25) is 38.9 Å². The van der Waals surface area contributed by atoms with Gasteiger partial charge in [0.05, 0.1) is 12.6 Å². The number of aryl methyl sites for hydroxylation is 1. The van der Waals surface area contributed by atoms with Crippen LogP contribution in [0.15, 0.2) is 142 Å². The molecule has 2 aliphatic carbocycles. The summed E-state index contributed by atoms with van der Waals surface area (Å²) in [6.07, 6.45) is 17.7. The highest BCUT2D eigenvalue weighted by Gasteiger charge is 2.50. The van der Waals surface area contributed by atoms with Crippen molar-refractivity contribution >= 4 is 52.8 Å². The first kappa shape index (κ1) is 57.8. The molecule has 432 valence electrons. The highest BCUT2D eigenvalue weighted by molar-refractivity contribution is 7.10. The Morgan fingerprint density at radius 1 is 0.687 bits per heavy atom. The lowest BCUT2D eigenvalue weighted by Crippen LogP contribution is -2.47. The fraction of sp³-hybridized carbons (Fsp3) is 0.391. The molecule has 0 bridgehead atoms. The summed E-state index contributed by atoms with van der Waals surface area (Å²) < 4.78 is 10.8. The molecule has 4 amide bonds. The van der Waals surface area contributed by atoms with Crippen LogP contribution in [-0.4, -0.2) is 106 Å². The zero-order valence-electron chi connectivity index (χ0n) is 47.9. The summed E-state index contributed by atoms with van der Waals surface area (Å²) in [5.74, 6) is 3.04. The van der Waals surface area contributed by atoms with Gasteiger partial charge in [0.2, 0.25) is 12.7 Å². The molecule has 19 heteroatoms. The predicted octanol–water partition coefficient (Wildman–Crippen LogP) is 9.27. The van der Waals surface area contributed by atoms with Crippen molar-refractivity contribution in [2.75, 3.05) is 27.9 Å². The SMILES string of the molecule is CN1C(=O)C[C@@](C)(c2cc(-c3ccc4c(c3)OCO4)cs2)N=C1N.CN1C(=O)[C@@](CCC2CCCCC2)(C[C@H]2CCC[C@@H](NC(=O)c3cnccn3)C2)N=C1N.Cc1cccc(-c2cccc(C3(c4ccccc4)N=C(N)N(C)C3=O)c2)c1. The second kappa shape index (κ2) is 24.6. The van der Waals surface area contributed by atoms with Crippen molar-refractivity contribution in [3.8, 4) is 33.8 Å². The van der Waals surface area contributed by atoms with Crippen LogP contribution < -0.4 is 32.0 Å². The molecule has 2 fully saturated rings. The van der Waals surface area contributed by atoms with Gasteiger partial charge in [0.1, 0.15) is 16.8 Å². The standard InChI is InChI=1S/C24H36N6O2.C23H21N3O.C17H17N3O3S/c1-30-22(32)24(29-23(30)25,11-10-17-6-3-2-4-7-17)15-18-8-5-9-19(14-18)28-21(31)20-16-26-12-13-27-20;1-16-8-6-9-17(14-16)18-10-7-13-20(15-18)23(19-11-4-3-5-12-19)21(27)26(2)22(24)25-23;1-17(7-15(21)20(2)16(18)19-17)14-6-11(8-24-14)10-3-4-12-13(5-10)23-9-22-12/h12-13,16-19H,2-11,14-15H2,1H3,(H2,25,29)(H,28,31);3-15H,1-2H3,(H2,24,25);3-6,8H,7,9H2,1-2H3,(H2,18,19)/t18-,19+,24+;;17-/m0.0/s1. The van der Waals surface area contributed by atoms with Crippen molar-refractivity contribution in [2.24, 2.45) is 44.0 Å². The minimum Gasteiger partial charge on any atom is -0.454 e. The summed E-state index contributed by atoms with van der Waals surface area (Å²) in [6, 6.07) is 33.9. The summed E-state index contributed by atoms with van der Waals surface area (Å²) >= 11 is 1.58. The second-order valence-corrected chi connectivity index (χ2v) is 23.8. The van der Waals surface area contributed by atoms with Crippen molar-refractivity contribution in [3.05, 3.63) is 154 Å². The summed E-state index contributed by atoms with van der Waals surface area (Å²) in [6.45, 7) is 4.27. The molecule has 5 atom stereocenters. The smallest absolute Gasteiger partial charge is 0.271 e. The molecule has 0 spiro atoms. The third kappa shape index (κ3) is 12.4. The number of thiophene rings is 1. The Balaban J connectivity index is 0.000000140. The van der Waals surface area contributed by atoms with E-state index in [9.17, 15) is 19.2 Å². The Kier molecular flexibility index (Phi) is 17.1. The number of amides is 4. The Bertz CT molecular complexity index is 3460. The van der Waals surface area contributed by atoms with Gasteiger partial charge in [-0.05, 0) is 121 Å². The van der Waals surface area contributed by atoms with Crippen LogP contribution in [0.3, 0.4) is 0 Å². The van der Waals surface area contributed by atoms with E-state index in [1.54, 1.807) is 38.7 Å². The molecule has 2 aromatic heterocycles. The van der Waals surface area contributed by atoms with Gasteiger partial charge >= 0.3 is 0 Å². The number of guanidine groups is 3. The lowest BCUT2D eigenvalue weighted by atomic mass is 9.74. The predicted molar refractivity (Wildman–Crippen MR) is 323 cm³/mol. The van der Waals surface area contributed by atoms with Crippen LogP contribution in [-0.2, 0) is 25.5 Å². The van der Waals surface area contributed by atoms with Crippen LogP contribution in [0.4, 0.5) is 0 Å². The molecule has 12 rings (SSSR count). The summed E-state index contributed by atoms with van der Waals surface area (Å²) in [7, 11) is 5.04. The number of rotatable bonds is 12. The molecule has 7 N–H and O–H groups in total. The van der Waals surface area contributed by atoms with E-state index in [1.807, 2.05) is 85.8 Å². The van der Waals surface area contributed by atoms with Crippen LogP contribution in [0, 0.1) is 18.8 Å². The molecule has 6 aliphatic rings. The van der Waals surface area contributed by atoms with Crippen molar-refractivity contribution in [3.63, 3.8) is 0 Å². The molecule has 4 aromatic carbocycles. The van der Waals surface area contributed by atoms with Gasteiger partial charge in [0.15, 0.2) is 34.9 Å². The molecule has 0 radical (unpaired) electrons. The number of hydrogen-bond acceptors (Lipinski definition) is 15. The van der Waals surface area contributed by atoms with Crippen LogP contribution >= 0.6 is 11.3 Å². The number of nitrogens with zero attached hydrogens (tertiary/aromatic N) is 8. The van der Waals surface area contributed by atoms with Gasteiger partial charge in [-0.15, -0.1) is 11.3 Å². The van der Waals surface area contributed by atoms with Crippen molar-refractivity contribution in [1.29, 1.82) is 0 Å². The minimum atomic E-state index is -1.15. The first-order valence-electron chi connectivity index (χ1n) is 28.6. The Morgan fingerprint density at radius 2 is 1.37 bits per heavy atom. The van der Waals surface area contributed by atoms with Gasteiger partial charge in [0, 0.05) is 44.5 Å². The van der Waals surface area contributed by atoms with Gasteiger partial charge in [0.25, 0.3) is 17.7 Å². The number of aliphatic imine (C=N–C) groups is 3. The molecule has 6 heterocycles. The van der Waals surface area contributed by atoms with E-state index in [-0.39, 0.29) is 48.4 Å². The fourth-order valence-electron chi connectivity index (χ4n) is 12.3. The largest absolute Gasteiger partial charge is 0.454 e. The van der Waals surface area contributed by atoms with Gasteiger partial charge in [-0.1, -0.05) is 129 Å². The molecular weight excluding hydrogens is 1060 g/mol. The Labute approximate surface area is 489 Å². The highest BCUT2D eigenvalue weighted by Crippen LogP contribution is 2.44. The number of aromatic nitrogens is 2. The number of carbonyl (C=O) groups excluding carboxylic acids is 4. The van der Waals surface area contributed by atoms with E-state index in [0.717, 1.165) is 88.3 Å². The third-order valence-corrected chi connectivity index (χ3v) is 18.3. The minimum absolute atomic E-state index is 0.0250. The number of nitrogens with two attached hydrogens (primary N) is 3. The Hall–Kier alpha value is -8.45. The van der Waals surface area contributed by atoms with Crippen LogP contribution in [0.25, 0.3) is 22.3 Å². The van der Waals surface area contributed by atoms with Crippen molar-refractivity contribution < 1.29 is 28.7 Å². The molecule has 6 aromatic rings. The summed E-state index contributed by atoms with van der Waals surface area (Å²) in [5.41, 5.74) is 22.9. The van der Waals surface area contributed by atoms with E-state index < -0.39 is 16.6 Å². The molecule has 83 heavy (non-hydrogen) atoms. The maximum atomic E-state index is 13.3. The number of benzene rings is 4. The number of ether oxygens (including phenoxy) is 2. The average Bonchev–Trinajstić information content (AvgIpc) is 2.82. The summed E-state index contributed by atoms with van der Waals surface area (Å²) in [4.78, 5) is 78.6. The van der Waals surface area contributed by atoms with Crippen LogP contribution in [0.5, 0.6) is 11.5 Å². The van der Waals surface area contributed by atoms with Crippen molar-refractivity contribution in [1.82, 2.24) is 30.0 Å². The first-order valence-corrected chi connectivity index (χ1v) is 29.5. The van der Waals surface area contributed by atoms with E-state index in [1.165, 1.54) is 64.8 Å². The lowest BCUT2D eigenvalue weighted by Gasteiger charge is -2.35. The maximum absolute atomic E-state index is 13.3. The average molecular weight is 1140 g/mol. The highest BCUT2D eigenvalue weighted by atomic mass is 32.1. The van der Waals surface area contributed by atoms with E-state index in [2.05, 4.69) is 61.8 Å². The zero-order chi connectivity index (χ0) is 58.5. The van der Waals surface area contributed by atoms with Gasteiger partial charge in [-0.25, -0.2) is 20.0 Å². The lowest BCUT2D eigenvalue weighted by molar-refractivity contribution is -0.131. The number of fused-ring (bicyclic) bond motifs is 1. The number of carbonyl (C=O) groups is 4. The quantitative estimate of drug-likeness (QED) is 0.0899. The molecule has 0 saturated heterocycles. The maximum Gasteiger partial charge on any atom is 0.271 e. The third-order valence-electron chi connectivity index (χ3n) is 17.1. The Morgan fingerprint density at radius 3 is 2.07 bits per heavy atom. The number of likely N-dealkylation sites (N-methyl/N-ethyl adjacent to an activating group) is 2. The molecule has 18 nitrogen and oxygen atoms in total. The molecular formula is C64H74N12O6S. The molecule has 4 aliphatic heterocycles.